The van der Waals surface area contributed by atoms with E-state index < -0.39 is 5.60 Å². The van der Waals surface area contributed by atoms with Crippen molar-refractivity contribution in [2.45, 2.75) is 63.4 Å². The normalized spacial score (nSPS) is 22.4. The molecule has 2 N–H and O–H groups in total. The van der Waals surface area contributed by atoms with Crippen molar-refractivity contribution < 1.29 is 10.0 Å². The lowest BCUT2D eigenvalue weighted by molar-refractivity contribution is -0.904. The minimum absolute atomic E-state index is 0.281. The number of hydrogen-bond acceptors (Lipinski definition) is 1. The van der Waals surface area contributed by atoms with Crippen molar-refractivity contribution in [3.8, 4) is 11.8 Å². The van der Waals surface area contributed by atoms with Crippen LogP contribution in [0, 0.1) is 17.8 Å². The molecule has 1 saturated heterocycles. The Balaban J connectivity index is 1.69. The van der Waals surface area contributed by atoms with E-state index in [4.69, 9.17) is 0 Å². The zero-order chi connectivity index (χ0) is 16.7. The third kappa shape index (κ3) is 4.41. The highest BCUT2D eigenvalue weighted by molar-refractivity contribution is 5.33. The quantitative estimate of drug-likeness (QED) is 0.817. The van der Waals surface area contributed by atoms with Crippen LogP contribution in [0.3, 0.4) is 0 Å². The molecule has 2 aliphatic rings. The zero-order valence-corrected chi connectivity index (χ0v) is 14.9. The van der Waals surface area contributed by atoms with Crippen LogP contribution in [0.4, 0.5) is 0 Å². The van der Waals surface area contributed by atoms with Gasteiger partial charge in [-0.3, -0.25) is 0 Å². The topological polar surface area (TPSA) is 24.7 Å². The van der Waals surface area contributed by atoms with Gasteiger partial charge in [0.1, 0.15) is 0 Å². The maximum atomic E-state index is 11.5. The Labute approximate surface area is 147 Å². The summed E-state index contributed by atoms with van der Waals surface area (Å²) in [5.74, 6) is 6.94. The summed E-state index contributed by atoms with van der Waals surface area (Å²) in [6.07, 6.45) is 10.9. The molecule has 1 heterocycles. The smallest absolute Gasteiger partial charge is 0.153 e. The zero-order valence-electron chi connectivity index (χ0n) is 14.9. The fraction of sp³-hybridized carbons (Fsp3) is 0.636. The lowest BCUT2D eigenvalue weighted by Gasteiger charge is -2.35. The first-order valence-electron chi connectivity index (χ1n) is 9.90. The summed E-state index contributed by atoms with van der Waals surface area (Å²) in [5.41, 5.74) is 0.0218. The van der Waals surface area contributed by atoms with Gasteiger partial charge in [-0.05, 0) is 37.7 Å². The lowest BCUT2D eigenvalue weighted by atomic mass is 9.73. The van der Waals surface area contributed by atoms with Crippen LogP contribution in [-0.2, 0) is 5.60 Å². The van der Waals surface area contributed by atoms with Crippen molar-refractivity contribution >= 4 is 0 Å². The Bertz CT molecular complexity index is 546. The highest BCUT2D eigenvalue weighted by Crippen LogP contribution is 2.38. The highest BCUT2D eigenvalue weighted by Gasteiger charge is 2.37. The molecule has 1 aliphatic carbocycles. The van der Waals surface area contributed by atoms with E-state index in [9.17, 15) is 5.11 Å². The molecule has 1 aliphatic heterocycles. The third-order valence-corrected chi connectivity index (χ3v) is 5.85. The van der Waals surface area contributed by atoms with Gasteiger partial charge in [0.25, 0.3) is 0 Å². The van der Waals surface area contributed by atoms with Crippen LogP contribution in [0.25, 0.3) is 0 Å². The predicted octanol–water partition coefficient (Wildman–Crippen LogP) is 2.92. The monoisotopic (exact) mass is 326 g/mol. The number of piperidine rings is 1. The lowest BCUT2D eigenvalue weighted by Crippen LogP contribution is -3.12. The number of benzene rings is 1. The first-order valence-corrected chi connectivity index (χ1v) is 9.90. The number of nitrogens with one attached hydrogen (secondary N) is 1. The van der Waals surface area contributed by atoms with Gasteiger partial charge < -0.3 is 10.0 Å². The maximum Gasteiger partial charge on any atom is 0.153 e. The molecule has 0 amide bonds. The van der Waals surface area contributed by atoms with Gasteiger partial charge in [-0.2, -0.15) is 0 Å². The number of quaternary nitrogens is 1. The summed E-state index contributed by atoms with van der Waals surface area (Å²) in [7, 11) is 0. The second-order valence-corrected chi connectivity index (χ2v) is 7.58. The van der Waals surface area contributed by atoms with Gasteiger partial charge in [0.15, 0.2) is 5.60 Å². The summed E-state index contributed by atoms with van der Waals surface area (Å²) in [6.45, 7) is 3.73. The van der Waals surface area contributed by atoms with E-state index in [1.165, 1.54) is 51.6 Å². The van der Waals surface area contributed by atoms with E-state index in [1.807, 2.05) is 30.3 Å². The van der Waals surface area contributed by atoms with Crippen molar-refractivity contribution in [3.05, 3.63) is 35.9 Å². The van der Waals surface area contributed by atoms with Crippen molar-refractivity contribution in [2.24, 2.45) is 5.92 Å². The van der Waals surface area contributed by atoms with Crippen molar-refractivity contribution in [1.29, 1.82) is 0 Å². The van der Waals surface area contributed by atoms with Gasteiger partial charge in [0.05, 0.1) is 26.1 Å². The Morgan fingerprint density at radius 2 is 1.62 bits per heavy atom. The molecule has 0 bridgehead atoms. The second kappa shape index (κ2) is 8.70. The number of likely N-dealkylation sites (tertiary alicyclic amines) is 1. The van der Waals surface area contributed by atoms with Crippen LogP contribution in [0.1, 0.15) is 63.4 Å². The maximum absolute atomic E-state index is 11.5. The Kier molecular flexibility index (Phi) is 6.35. The van der Waals surface area contributed by atoms with Gasteiger partial charge in [0.2, 0.25) is 0 Å². The predicted molar refractivity (Wildman–Crippen MR) is 98.7 cm³/mol. The van der Waals surface area contributed by atoms with E-state index in [0.717, 1.165) is 31.4 Å². The molecule has 0 aromatic heterocycles. The Morgan fingerprint density at radius 1 is 0.958 bits per heavy atom. The molecule has 2 nitrogen and oxygen atoms in total. The Morgan fingerprint density at radius 3 is 2.33 bits per heavy atom. The first kappa shape index (κ1) is 17.5. The second-order valence-electron chi connectivity index (χ2n) is 7.58. The van der Waals surface area contributed by atoms with Crippen molar-refractivity contribution in [1.82, 2.24) is 0 Å². The minimum atomic E-state index is -0.959. The fourth-order valence-corrected chi connectivity index (χ4v) is 4.36. The van der Waals surface area contributed by atoms with Gasteiger partial charge in [-0.1, -0.05) is 61.4 Å². The van der Waals surface area contributed by atoms with E-state index in [2.05, 4.69) is 11.8 Å². The molecule has 0 unspecified atom stereocenters. The molecule has 2 heteroatoms. The Hall–Kier alpha value is -1.30. The van der Waals surface area contributed by atoms with Crippen molar-refractivity contribution in [3.63, 3.8) is 0 Å². The van der Waals surface area contributed by atoms with Gasteiger partial charge >= 0.3 is 0 Å². The van der Waals surface area contributed by atoms with Gasteiger partial charge in [0, 0.05) is 5.92 Å². The summed E-state index contributed by atoms with van der Waals surface area (Å²) in [4.78, 5) is 1.69. The van der Waals surface area contributed by atoms with Crippen LogP contribution in [0.15, 0.2) is 30.3 Å². The SMILES string of the molecule is O[C@](C#CCC[NH+]1CCCCC1)(c1ccccc1)C1CCCCC1. The summed E-state index contributed by atoms with van der Waals surface area (Å²) < 4.78 is 0. The molecule has 130 valence electrons. The average molecular weight is 327 g/mol. The molecule has 1 aromatic rings. The molecule has 1 aromatic carbocycles. The van der Waals surface area contributed by atoms with Crippen LogP contribution < -0.4 is 4.90 Å². The molecule has 0 spiro atoms. The van der Waals surface area contributed by atoms with E-state index >= 15 is 0 Å². The van der Waals surface area contributed by atoms with Crippen LogP contribution in [-0.4, -0.2) is 24.7 Å². The van der Waals surface area contributed by atoms with Gasteiger partial charge in [-0.15, -0.1) is 0 Å². The molecular weight excluding hydrogens is 294 g/mol. The summed E-state index contributed by atoms with van der Waals surface area (Å²) in [5, 5.41) is 11.5. The van der Waals surface area contributed by atoms with Crippen LogP contribution >= 0.6 is 0 Å². The van der Waals surface area contributed by atoms with E-state index in [-0.39, 0.29) is 5.92 Å². The molecule has 3 rings (SSSR count). The minimum Gasteiger partial charge on any atom is -0.373 e. The van der Waals surface area contributed by atoms with Crippen LogP contribution in [0.2, 0.25) is 0 Å². The largest absolute Gasteiger partial charge is 0.373 e. The van der Waals surface area contributed by atoms with Gasteiger partial charge in [-0.25, -0.2) is 0 Å². The molecule has 2 fully saturated rings. The standard InChI is InChI=1S/C22H31NO/c24-22(20-12-4-1-5-13-20,21-14-6-2-7-15-21)16-8-11-19-23-17-9-3-10-18-23/h1,4-5,12-13,21,24H,2-3,6-7,9-11,14-15,17-19H2/p+1/t22-/m1/s1. The molecular formula is C22H32NO+. The number of hydrogen-bond donors (Lipinski definition) is 2. The molecule has 0 radical (unpaired) electrons. The summed E-state index contributed by atoms with van der Waals surface area (Å²) in [6, 6.07) is 10.1. The molecule has 1 atom stereocenters. The number of aliphatic hydroxyl groups is 1. The number of rotatable bonds is 4. The average Bonchev–Trinajstić information content (AvgIpc) is 2.67. The third-order valence-electron chi connectivity index (χ3n) is 5.85. The molecule has 1 saturated carbocycles. The van der Waals surface area contributed by atoms with Crippen LogP contribution in [0.5, 0.6) is 0 Å². The van der Waals surface area contributed by atoms with E-state index in [0.29, 0.717) is 0 Å². The molecule has 24 heavy (non-hydrogen) atoms. The fourth-order valence-electron chi connectivity index (χ4n) is 4.36. The first-order chi connectivity index (χ1) is 11.8. The van der Waals surface area contributed by atoms with Crippen molar-refractivity contribution in [2.75, 3.05) is 19.6 Å². The summed E-state index contributed by atoms with van der Waals surface area (Å²) >= 11 is 0. The van der Waals surface area contributed by atoms with E-state index in [1.54, 1.807) is 4.90 Å². The highest BCUT2D eigenvalue weighted by atomic mass is 16.3.